The van der Waals surface area contributed by atoms with Gasteiger partial charge in [0.15, 0.2) is 0 Å². The highest BCUT2D eigenvalue weighted by Gasteiger charge is 2.11. The van der Waals surface area contributed by atoms with Gasteiger partial charge in [0.25, 0.3) is 0 Å². The second-order valence-corrected chi connectivity index (χ2v) is 4.39. The summed E-state index contributed by atoms with van der Waals surface area (Å²) in [4.78, 5) is 20.1. The predicted octanol–water partition coefficient (Wildman–Crippen LogP) is 0.416. The van der Waals surface area contributed by atoms with Crippen molar-refractivity contribution < 1.29 is 9.53 Å². The van der Waals surface area contributed by atoms with E-state index in [1.807, 2.05) is 13.8 Å². The van der Waals surface area contributed by atoms with Gasteiger partial charge in [-0.15, -0.1) is 0 Å². The Hall–Kier alpha value is -1.53. The summed E-state index contributed by atoms with van der Waals surface area (Å²) in [6.45, 7) is 5.53. The van der Waals surface area contributed by atoms with Crippen LogP contribution in [0.1, 0.15) is 24.7 Å². The van der Waals surface area contributed by atoms with Gasteiger partial charge in [-0.3, -0.25) is 14.8 Å². The van der Waals surface area contributed by atoms with Crippen LogP contribution in [0.5, 0.6) is 0 Å². The van der Waals surface area contributed by atoms with E-state index in [0.29, 0.717) is 19.7 Å². The molecule has 0 aliphatic rings. The molecule has 1 unspecified atom stereocenters. The molecule has 0 fully saturated rings. The second kappa shape index (κ2) is 8.55. The van der Waals surface area contributed by atoms with Crippen molar-refractivity contribution in [3.05, 3.63) is 23.8 Å². The molecule has 0 aliphatic heterocycles. The molecule has 0 aromatic carbocycles. The Balaban J connectivity index is 2.24. The van der Waals surface area contributed by atoms with Crippen molar-refractivity contribution >= 4 is 5.91 Å². The Morgan fingerprint density at radius 3 is 2.84 bits per heavy atom. The van der Waals surface area contributed by atoms with Gasteiger partial charge in [-0.1, -0.05) is 0 Å². The number of hydrogen-bond donors (Lipinski definition) is 2. The zero-order valence-corrected chi connectivity index (χ0v) is 11.8. The number of amides is 1. The van der Waals surface area contributed by atoms with Crippen LogP contribution in [0, 0.1) is 6.92 Å². The third-order valence-electron chi connectivity index (χ3n) is 2.64. The highest BCUT2D eigenvalue weighted by molar-refractivity contribution is 5.81. The standard InChI is InChI=1S/C13H22N4O2/c1-10-7-17-12(8-15-10)9-16-11(2)13(18)14-5-4-6-19-3/h7-8,11,16H,4-6,9H2,1-3H3,(H,14,18). The van der Waals surface area contributed by atoms with E-state index in [2.05, 4.69) is 20.6 Å². The fourth-order valence-corrected chi connectivity index (χ4v) is 1.44. The van der Waals surface area contributed by atoms with E-state index < -0.39 is 0 Å². The highest BCUT2D eigenvalue weighted by atomic mass is 16.5. The topological polar surface area (TPSA) is 76.1 Å². The summed E-state index contributed by atoms with van der Waals surface area (Å²) >= 11 is 0. The van der Waals surface area contributed by atoms with Gasteiger partial charge in [0.05, 0.1) is 17.4 Å². The molecule has 1 aromatic rings. The van der Waals surface area contributed by atoms with Crippen molar-refractivity contribution in [1.29, 1.82) is 0 Å². The monoisotopic (exact) mass is 266 g/mol. The van der Waals surface area contributed by atoms with Crippen molar-refractivity contribution in [2.75, 3.05) is 20.3 Å². The lowest BCUT2D eigenvalue weighted by atomic mass is 10.3. The predicted molar refractivity (Wildman–Crippen MR) is 72.6 cm³/mol. The molecule has 1 aromatic heterocycles. The molecule has 1 heterocycles. The third kappa shape index (κ3) is 6.26. The number of carbonyl (C=O) groups is 1. The van der Waals surface area contributed by atoms with Gasteiger partial charge in [0, 0.05) is 39.2 Å². The molecule has 0 saturated heterocycles. The molecule has 0 aliphatic carbocycles. The van der Waals surface area contributed by atoms with Crippen molar-refractivity contribution in [2.24, 2.45) is 0 Å². The summed E-state index contributed by atoms with van der Waals surface area (Å²) in [5.74, 6) is -0.0174. The Kier molecular flexibility index (Phi) is 6.99. The fraction of sp³-hybridized carbons (Fsp3) is 0.615. The van der Waals surface area contributed by atoms with Crippen molar-refractivity contribution in [3.8, 4) is 0 Å². The molecule has 19 heavy (non-hydrogen) atoms. The maximum absolute atomic E-state index is 11.7. The van der Waals surface area contributed by atoms with Gasteiger partial charge >= 0.3 is 0 Å². The summed E-state index contributed by atoms with van der Waals surface area (Å²) in [5, 5.41) is 5.96. The van der Waals surface area contributed by atoms with Gasteiger partial charge in [-0.2, -0.15) is 0 Å². The normalized spacial score (nSPS) is 12.2. The lowest BCUT2D eigenvalue weighted by Gasteiger charge is -2.13. The van der Waals surface area contributed by atoms with Gasteiger partial charge in [-0.05, 0) is 20.3 Å². The number of aromatic nitrogens is 2. The Bertz CT molecular complexity index is 381. The lowest BCUT2D eigenvalue weighted by Crippen LogP contribution is -2.42. The number of rotatable bonds is 8. The minimum Gasteiger partial charge on any atom is -0.385 e. The molecule has 2 N–H and O–H groups in total. The first-order chi connectivity index (χ1) is 9.13. The van der Waals surface area contributed by atoms with Crippen LogP contribution in [0.3, 0.4) is 0 Å². The first kappa shape index (κ1) is 15.5. The first-order valence-electron chi connectivity index (χ1n) is 6.41. The van der Waals surface area contributed by atoms with Crippen LogP contribution in [-0.4, -0.2) is 42.2 Å². The molecular weight excluding hydrogens is 244 g/mol. The van der Waals surface area contributed by atoms with Crippen molar-refractivity contribution in [2.45, 2.75) is 32.9 Å². The number of carbonyl (C=O) groups excluding carboxylic acids is 1. The van der Waals surface area contributed by atoms with E-state index in [0.717, 1.165) is 17.8 Å². The number of hydrogen-bond acceptors (Lipinski definition) is 5. The zero-order chi connectivity index (χ0) is 14.1. The molecule has 0 spiro atoms. The van der Waals surface area contributed by atoms with Crippen molar-refractivity contribution in [1.82, 2.24) is 20.6 Å². The number of nitrogens with zero attached hydrogens (tertiary/aromatic N) is 2. The minimum atomic E-state index is -0.259. The van der Waals surface area contributed by atoms with Gasteiger partial charge < -0.3 is 15.4 Å². The molecule has 0 radical (unpaired) electrons. The molecule has 106 valence electrons. The summed E-state index contributed by atoms with van der Waals surface area (Å²) < 4.78 is 4.92. The zero-order valence-electron chi connectivity index (χ0n) is 11.8. The number of ether oxygens (including phenoxy) is 1. The number of methoxy groups -OCH3 is 1. The Morgan fingerprint density at radius 1 is 1.42 bits per heavy atom. The molecule has 0 bridgehead atoms. The average molecular weight is 266 g/mol. The van der Waals surface area contributed by atoms with Crippen LogP contribution in [0.25, 0.3) is 0 Å². The minimum absolute atomic E-state index is 0.0174. The first-order valence-corrected chi connectivity index (χ1v) is 6.41. The molecular formula is C13H22N4O2. The van der Waals surface area contributed by atoms with Gasteiger partial charge in [0.2, 0.25) is 5.91 Å². The molecule has 1 rings (SSSR count). The maximum atomic E-state index is 11.7. The van der Waals surface area contributed by atoms with E-state index in [4.69, 9.17) is 4.74 Å². The number of nitrogens with one attached hydrogen (secondary N) is 2. The van der Waals surface area contributed by atoms with Crippen LogP contribution >= 0.6 is 0 Å². The van der Waals surface area contributed by atoms with Gasteiger partial charge in [0.1, 0.15) is 0 Å². The SMILES string of the molecule is COCCCNC(=O)C(C)NCc1cnc(C)cn1. The molecule has 1 atom stereocenters. The summed E-state index contributed by atoms with van der Waals surface area (Å²) in [5.41, 5.74) is 1.71. The molecule has 0 saturated carbocycles. The largest absolute Gasteiger partial charge is 0.385 e. The average Bonchev–Trinajstić information content (AvgIpc) is 2.42. The van der Waals surface area contributed by atoms with Crippen molar-refractivity contribution in [3.63, 3.8) is 0 Å². The third-order valence-corrected chi connectivity index (χ3v) is 2.64. The fourth-order valence-electron chi connectivity index (χ4n) is 1.44. The summed E-state index contributed by atoms with van der Waals surface area (Å²) in [6, 6.07) is -0.259. The van der Waals surface area contributed by atoms with E-state index >= 15 is 0 Å². The van der Waals surface area contributed by atoms with E-state index in [1.54, 1.807) is 19.5 Å². The van der Waals surface area contributed by atoms with Crippen LogP contribution in [0.15, 0.2) is 12.4 Å². The quantitative estimate of drug-likeness (QED) is 0.667. The highest BCUT2D eigenvalue weighted by Crippen LogP contribution is 1.94. The van der Waals surface area contributed by atoms with E-state index in [9.17, 15) is 4.79 Å². The molecule has 1 amide bonds. The molecule has 6 nitrogen and oxygen atoms in total. The molecule has 6 heteroatoms. The Morgan fingerprint density at radius 2 is 2.21 bits per heavy atom. The van der Waals surface area contributed by atoms with Crippen LogP contribution in [0.2, 0.25) is 0 Å². The van der Waals surface area contributed by atoms with Crippen LogP contribution < -0.4 is 10.6 Å². The van der Waals surface area contributed by atoms with Gasteiger partial charge in [-0.25, -0.2) is 0 Å². The van der Waals surface area contributed by atoms with Crippen LogP contribution in [0.4, 0.5) is 0 Å². The van der Waals surface area contributed by atoms with Crippen LogP contribution in [-0.2, 0) is 16.1 Å². The smallest absolute Gasteiger partial charge is 0.236 e. The maximum Gasteiger partial charge on any atom is 0.236 e. The summed E-state index contributed by atoms with van der Waals surface area (Å²) in [7, 11) is 1.65. The lowest BCUT2D eigenvalue weighted by molar-refractivity contribution is -0.122. The summed E-state index contributed by atoms with van der Waals surface area (Å²) in [6.07, 6.45) is 4.25. The van der Waals surface area contributed by atoms with E-state index in [-0.39, 0.29) is 11.9 Å². The Labute approximate surface area is 114 Å². The number of aryl methyl sites for hydroxylation is 1. The van der Waals surface area contributed by atoms with E-state index in [1.165, 1.54) is 0 Å². The second-order valence-electron chi connectivity index (χ2n) is 4.39.